The normalized spacial score (nSPS) is 10.6. The molecule has 34 heavy (non-hydrogen) atoms. The van der Waals surface area contributed by atoms with Gasteiger partial charge in [-0.05, 0) is 42.2 Å². The number of hydrogen-bond acceptors (Lipinski definition) is 6. The summed E-state index contributed by atoms with van der Waals surface area (Å²) < 4.78 is 11.2. The smallest absolute Gasteiger partial charge is 0.318 e. The summed E-state index contributed by atoms with van der Waals surface area (Å²) in [6.45, 7) is 0.864. The number of rotatable bonds is 14. The molecule has 3 aromatic carbocycles. The lowest BCUT2D eigenvalue weighted by Gasteiger charge is -2.08. The lowest BCUT2D eigenvalue weighted by Crippen LogP contribution is -2.04. The number of nitrogens with zero attached hydrogens (tertiary/aromatic N) is 2. The van der Waals surface area contributed by atoms with E-state index in [9.17, 15) is 20.2 Å². The largest absolute Gasteiger partial charge is 0.494 e. The van der Waals surface area contributed by atoms with Gasteiger partial charge >= 0.3 is 11.4 Å². The van der Waals surface area contributed by atoms with Gasteiger partial charge in [0.05, 0.1) is 23.1 Å². The van der Waals surface area contributed by atoms with Crippen LogP contribution in [0.1, 0.15) is 38.5 Å². The Bertz CT molecular complexity index is 1040. The summed E-state index contributed by atoms with van der Waals surface area (Å²) in [5.41, 5.74) is 1.57. The molecule has 0 atom stereocenters. The summed E-state index contributed by atoms with van der Waals surface area (Å²) in [7, 11) is 0. The van der Waals surface area contributed by atoms with Crippen LogP contribution < -0.4 is 9.47 Å². The van der Waals surface area contributed by atoms with Gasteiger partial charge < -0.3 is 9.47 Å². The third-order valence-electron chi connectivity index (χ3n) is 5.38. The molecule has 0 N–H and O–H groups in total. The molecular weight excluding hydrogens is 436 g/mol. The average molecular weight is 465 g/mol. The summed E-state index contributed by atoms with van der Waals surface area (Å²) in [6.07, 6.45) is 5.59. The van der Waals surface area contributed by atoms with Gasteiger partial charge in [0.2, 0.25) is 0 Å². The molecule has 0 bridgehead atoms. The van der Waals surface area contributed by atoms with E-state index in [2.05, 4.69) is 24.3 Å². The SMILES string of the molecule is O=[N+]([O-])c1cccc([N+](=O)[O-])c1OCCCCCCCCOc1ccc(-c2ccccc2)cc1. The first-order valence-corrected chi connectivity index (χ1v) is 11.4. The van der Waals surface area contributed by atoms with Crippen molar-refractivity contribution in [3.63, 3.8) is 0 Å². The molecule has 0 aliphatic carbocycles. The van der Waals surface area contributed by atoms with Crippen LogP contribution >= 0.6 is 0 Å². The standard InChI is InChI=1S/C26H28N2O6/c29-27(30)24-13-10-14-25(28(31)32)26(24)34-20-9-4-2-1-3-8-19-33-23-17-15-22(16-18-23)21-11-6-5-7-12-21/h5-7,10-18H,1-4,8-9,19-20H2. The van der Waals surface area contributed by atoms with Crippen molar-refractivity contribution in [3.8, 4) is 22.6 Å². The van der Waals surface area contributed by atoms with Crippen molar-refractivity contribution in [2.75, 3.05) is 13.2 Å². The van der Waals surface area contributed by atoms with Crippen LogP contribution in [0.15, 0.2) is 72.8 Å². The Morgan fingerprint density at radius 1 is 0.559 bits per heavy atom. The van der Waals surface area contributed by atoms with Gasteiger partial charge in [-0.25, -0.2) is 0 Å². The highest BCUT2D eigenvalue weighted by molar-refractivity contribution is 5.64. The van der Waals surface area contributed by atoms with Crippen LogP contribution in [-0.4, -0.2) is 23.1 Å². The van der Waals surface area contributed by atoms with Gasteiger partial charge in [-0.2, -0.15) is 0 Å². The van der Waals surface area contributed by atoms with Crippen LogP contribution in [0.5, 0.6) is 11.5 Å². The number of para-hydroxylation sites is 1. The van der Waals surface area contributed by atoms with Gasteiger partial charge in [0.25, 0.3) is 5.75 Å². The first-order chi connectivity index (χ1) is 16.6. The second kappa shape index (κ2) is 12.9. The Morgan fingerprint density at radius 3 is 1.62 bits per heavy atom. The molecule has 0 spiro atoms. The summed E-state index contributed by atoms with van der Waals surface area (Å²) in [4.78, 5) is 20.9. The molecule has 8 heteroatoms. The van der Waals surface area contributed by atoms with E-state index in [0.717, 1.165) is 43.4 Å². The van der Waals surface area contributed by atoms with E-state index < -0.39 is 9.85 Å². The Balaban J connectivity index is 1.28. The highest BCUT2D eigenvalue weighted by Gasteiger charge is 2.26. The number of nitro benzene ring substituents is 2. The van der Waals surface area contributed by atoms with Crippen LogP contribution in [-0.2, 0) is 0 Å². The molecule has 3 rings (SSSR count). The number of nitro groups is 2. The zero-order chi connectivity index (χ0) is 24.2. The van der Waals surface area contributed by atoms with E-state index in [4.69, 9.17) is 9.47 Å². The lowest BCUT2D eigenvalue weighted by molar-refractivity contribution is -0.396. The Morgan fingerprint density at radius 2 is 1.06 bits per heavy atom. The van der Waals surface area contributed by atoms with Crippen LogP contribution in [0.2, 0.25) is 0 Å². The Kier molecular flexibility index (Phi) is 9.40. The fourth-order valence-electron chi connectivity index (χ4n) is 3.60. The number of hydrogen-bond donors (Lipinski definition) is 0. The average Bonchev–Trinajstić information content (AvgIpc) is 2.85. The van der Waals surface area contributed by atoms with Gasteiger partial charge in [-0.3, -0.25) is 20.2 Å². The monoisotopic (exact) mass is 464 g/mol. The molecule has 0 amide bonds. The fraction of sp³-hybridized carbons (Fsp3) is 0.308. The van der Waals surface area contributed by atoms with Crippen molar-refractivity contribution in [2.24, 2.45) is 0 Å². The summed E-state index contributed by atoms with van der Waals surface area (Å²) in [6, 6.07) is 22.0. The maximum absolute atomic E-state index is 11.1. The first kappa shape index (κ1) is 24.7. The highest BCUT2D eigenvalue weighted by atomic mass is 16.6. The molecule has 8 nitrogen and oxygen atoms in total. The van der Waals surface area contributed by atoms with E-state index in [0.29, 0.717) is 13.0 Å². The van der Waals surface area contributed by atoms with Crippen LogP contribution in [0.25, 0.3) is 11.1 Å². The molecule has 0 saturated carbocycles. The molecule has 0 heterocycles. The molecule has 0 unspecified atom stereocenters. The summed E-state index contributed by atoms with van der Waals surface area (Å²) in [5.74, 6) is 0.590. The Hall–Kier alpha value is -3.94. The van der Waals surface area contributed by atoms with E-state index in [1.54, 1.807) is 0 Å². The van der Waals surface area contributed by atoms with Crippen LogP contribution in [0.4, 0.5) is 11.4 Å². The van der Waals surface area contributed by atoms with E-state index in [-0.39, 0.29) is 23.7 Å². The molecule has 0 aromatic heterocycles. The minimum Gasteiger partial charge on any atom is -0.494 e. The zero-order valence-corrected chi connectivity index (χ0v) is 18.9. The van der Waals surface area contributed by atoms with Gasteiger partial charge in [-0.15, -0.1) is 0 Å². The minimum atomic E-state index is -0.665. The second-order valence-electron chi connectivity index (χ2n) is 7.85. The highest BCUT2D eigenvalue weighted by Crippen LogP contribution is 2.36. The maximum atomic E-state index is 11.1. The third kappa shape index (κ3) is 7.30. The fourth-order valence-corrected chi connectivity index (χ4v) is 3.60. The van der Waals surface area contributed by atoms with Crippen molar-refractivity contribution >= 4 is 11.4 Å². The summed E-state index contributed by atoms with van der Waals surface area (Å²) in [5, 5.41) is 22.2. The first-order valence-electron chi connectivity index (χ1n) is 11.4. The van der Waals surface area contributed by atoms with Crippen molar-refractivity contribution in [3.05, 3.63) is 93.0 Å². The van der Waals surface area contributed by atoms with E-state index in [1.165, 1.54) is 23.8 Å². The van der Waals surface area contributed by atoms with Gasteiger partial charge in [0.1, 0.15) is 5.75 Å². The molecule has 178 valence electrons. The molecule has 0 fully saturated rings. The maximum Gasteiger partial charge on any atom is 0.318 e. The van der Waals surface area contributed by atoms with E-state index in [1.807, 2.05) is 30.3 Å². The molecule has 0 saturated heterocycles. The molecule has 0 aliphatic heterocycles. The predicted molar refractivity (Wildman–Crippen MR) is 130 cm³/mol. The van der Waals surface area contributed by atoms with Crippen LogP contribution in [0.3, 0.4) is 0 Å². The van der Waals surface area contributed by atoms with Gasteiger partial charge in [0.15, 0.2) is 0 Å². The topological polar surface area (TPSA) is 105 Å². The van der Waals surface area contributed by atoms with Crippen molar-refractivity contribution < 1.29 is 19.3 Å². The number of benzene rings is 3. The number of ether oxygens (including phenoxy) is 2. The molecule has 0 aliphatic rings. The Labute approximate surface area is 198 Å². The molecular formula is C26H28N2O6. The summed E-state index contributed by atoms with van der Waals surface area (Å²) >= 11 is 0. The van der Waals surface area contributed by atoms with Gasteiger partial charge in [-0.1, -0.05) is 68.1 Å². The zero-order valence-electron chi connectivity index (χ0n) is 18.9. The van der Waals surface area contributed by atoms with E-state index >= 15 is 0 Å². The van der Waals surface area contributed by atoms with Crippen molar-refractivity contribution in [1.29, 1.82) is 0 Å². The second-order valence-corrected chi connectivity index (χ2v) is 7.85. The number of unbranched alkanes of at least 4 members (excludes halogenated alkanes) is 5. The lowest BCUT2D eigenvalue weighted by atomic mass is 10.1. The van der Waals surface area contributed by atoms with Gasteiger partial charge in [0, 0.05) is 12.1 Å². The van der Waals surface area contributed by atoms with Crippen molar-refractivity contribution in [2.45, 2.75) is 38.5 Å². The minimum absolute atomic E-state index is 0.202. The molecule has 3 aromatic rings. The quantitative estimate of drug-likeness (QED) is 0.145. The predicted octanol–water partition coefficient (Wildman–Crippen LogP) is 6.97. The van der Waals surface area contributed by atoms with Crippen LogP contribution in [0, 0.1) is 20.2 Å². The van der Waals surface area contributed by atoms with Crippen molar-refractivity contribution in [1.82, 2.24) is 0 Å². The third-order valence-corrected chi connectivity index (χ3v) is 5.38. The molecule has 0 radical (unpaired) electrons.